The molecule has 2 N–H and O–H groups in total. The van der Waals surface area contributed by atoms with Gasteiger partial charge in [0.25, 0.3) is 0 Å². The molecule has 0 radical (unpaired) electrons. The van der Waals surface area contributed by atoms with Gasteiger partial charge in [0.2, 0.25) is 0 Å². The molecule has 1 nitrogen and oxygen atoms in total. The maximum Gasteiger partial charge on any atom is 0.0848 e. The van der Waals surface area contributed by atoms with Gasteiger partial charge >= 0.3 is 0 Å². The average molecular weight is 99.2 g/mol. The van der Waals surface area contributed by atoms with Crippen LogP contribution in [0.1, 0.15) is 6.42 Å². The highest BCUT2D eigenvalue weighted by molar-refractivity contribution is 7.80. The fourth-order valence-corrected chi connectivity index (χ4v) is 0.184. The van der Waals surface area contributed by atoms with Crippen LogP contribution in [0.3, 0.4) is 0 Å². The third kappa shape index (κ3) is 3.45. The van der Waals surface area contributed by atoms with Crippen molar-refractivity contribution in [3.05, 3.63) is 0 Å². The molecule has 0 heterocycles. The maximum absolute atomic E-state index is 4.99. The van der Waals surface area contributed by atoms with E-state index in [2.05, 4.69) is 18.1 Å². The van der Waals surface area contributed by atoms with E-state index in [1.807, 2.05) is 0 Å². The molecule has 0 aliphatic heterocycles. The number of rotatable bonds is 1. The third-order valence-electron chi connectivity index (χ3n) is 0.276. The van der Waals surface area contributed by atoms with E-state index in [9.17, 15) is 0 Å². The van der Waals surface area contributed by atoms with E-state index in [0.717, 1.165) is 0 Å². The average Bonchev–Trinajstić information content (AvgIpc) is 1.35. The van der Waals surface area contributed by atoms with Crippen LogP contribution in [0.4, 0.5) is 0 Å². The summed E-state index contributed by atoms with van der Waals surface area (Å²) in [5.41, 5.74) is 4.99. The van der Waals surface area contributed by atoms with Crippen molar-refractivity contribution in [2.45, 2.75) is 6.42 Å². The summed E-state index contributed by atoms with van der Waals surface area (Å²) in [7, 11) is 0. The van der Waals surface area contributed by atoms with Crippen molar-refractivity contribution in [3.63, 3.8) is 0 Å². The molecule has 0 atom stereocenters. The van der Waals surface area contributed by atoms with Crippen LogP contribution in [0.15, 0.2) is 0 Å². The van der Waals surface area contributed by atoms with Gasteiger partial charge in [-0.05, 0) is 0 Å². The molecule has 0 aliphatic rings. The first-order valence-corrected chi connectivity index (χ1v) is 1.90. The van der Waals surface area contributed by atoms with E-state index < -0.39 is 0 Å². The number of terminal acetylenes is 1. The fraction of sp³-hybridized carbons (Fsp3) is 0.250. The highest BCUT2D eigenvalue weighted by atomic mass is 32.1. The molecule has 0 amide bonds. The lowest BCUT2D eigenvalue weighted by Gasteiger charge is -1.78. The Morgan fingerprint density at radius 2 is 2.50 bits per heavy atom. The predicted molar refractivity (Wildman–Crippen MR) is 30.2 cm³/mol. The number of hydrogen-bond donors (Lipinski definition) is 1. The first-order chi connectivity index (χ1) is 2.77. The van der Waals surface area contributed by atoms with Gasteiger partial charge in [-0.25, -0.2) is 0 Å². The third-order valence-corrected chi connectivity index (χ3v) is 0.421. The highest BCUT2D eigenvalue weighted by Crippen LogP contribution is 1.70. The summed E-state index contributed by atoms with van der Waals surface area (Å²) in [6.45, 7) is 0. The topological polar surface area (TPSA) is 26.0 Å². The van der Waals surface area contributed by atoms with E-state index in [-0.39, 0.29) is 0 Å². The lowest BCUT2D eigenvalue weighted by molar-refractivity contribution is 1.55. The Morgan fingerprint density at radius 3 is 2.50 bits per heavy atom. The molecule has 32 valence electrons. The summed E-state index contributed by atoms with van der Waals surface area (Å²) in [5.74, 6) is 2.30. The summed E-state index contributed by atoms with van der Waals surface area (Å²) in [6.07, 6.45) is 5.22. The van der Waals surface area contributed by atoms with Crippen molar-refractivity contribution in [2.24, 2.45) is 5.73 Å². The molecular weight excluding hydrogens is 94.1 g/mol. The van der Waals surface area contributed by atoms with Crippen LogP contribution in [-0.4, -0.2) is 4.99 Å². The zero-order valence-corrected chi connectivity index (χ0v) is 4.09. The minimum absolute atomic E-state index is 0.387. The summed E-state index contributed by atoms with van der Waals surface area (Å²) < 4.78 is 0. The molecule has 0 saturated heterocycles. The van der Waals surface area contributed by atoms with Crippen LogP contribution in [-0.2, 0) is 0 Å². The van der Waals surface area contributed by atoms with Gasteiger partial charge in [0.15, 0.2) is 0 Å². The van der Waals surface area contributed by atoms with E-state index in [0.29, 0.717) is 11.4 Å². The minimum atomic E-state index is 0.387. The van der Waals surface area contributed by atoms with Crippen LogP contribution >= 0.6 is 12.2 Å². The van der Waals surface area contributed by atoms with Crippen LogP contribution in [0, 0.1) is 12.3 Å². The zero-order chi connectivity index (χ0) is 4.99. The predicted octanol–water partition coefficient (Wildman–Crippen LogP) is 0.296. The molecule has 0 bridgehead atoms. The van der Waals surface area contributed by atoms with Crippen LogP contribution < -0.4 is 5.73 Å². The first kappa shape index (κ1) is 5.45. The van der Waals surface area contributed by atoms with E-state index in [1.165, 1.54) is 0 Å². The molecular formula is C4H5NS. The van der Waals surface area contributed by atoms with Gasteiger partial charge in [0, 0.05) is 0 Å². The molecule has 6 heavy (non-hydrogen) atoms. The second-order valence-corrected chi connectivity index (χ2v) is 1.37. The number of nitrogens with two attached hydrogens (primary N) is 1. The smallest absolute Gasteiger partial charge is 0.0848 e. The molecule has 0 unspecified atom stereocenters. The molecule has 0 spiro atoms. The molecule has 2 heteroatoms. The Bertz CT molecular complexity index is 90.2. The van der Waals surface area contributed by atoms with Gasteiger partial charge in [-0.1, -0.05) is 18.1 Å². The first-order valence-electron chi connectivity index (χ1n) is 1.49. The van der Waals surface area contributed by atoms with Gasteiger partial charge in [0.1, 0.15) is 0 Å². The minimum Gasteiger partial charge on any atom is -0.393 e. The monoisotopic (exact) mass is 99.0 g/mol. The molecule has 0 aromatic rings. The second kappa shape index (κ2) is 2.67. The summed E-state index contributed by atoms with van der Waals surface area (Å²) in [6, 6.07) is 0. The quantitative estimate of drug-likeness (QED) is 0.378. The molecule has 0 rings (SSSR count). The largest absolute Gasteiger partial charge is 0.393 e. The summed E-state index contributed by atoms with van der Waals surface area (Å²) in [4.78, 5) is 0.387. The van der Waals surface area contributed by atoms with E-state index in [4.69, 9.17) is 12.2 Å². The van der Waals surface area contributed by atoms with Gasteiger partial charge in [0.05, 0.1) is 11.4 Å². The fourth-order valence-electron chi connectivity index (χ4n) is 0.101. The second-order valence-electron chi connectivity index (χ2n) is 0.847. The Hall–Kier alpha value is -0.550. The van der Waals surface area contributed by atoms with Crippen molar-refractivity contribution in [1.82, 2.24) is 0 Å². The van der Waals surface area contributed by atoms with E-state index >= 15 is 0 Å². The van der Waals surface area contributed by atoms with Crippen molar-refractivity contribution in [2.75, 3.05) is 0 Å². The normalized spacial score (nSPS) is 6.50. The van der Waals surface area contributed by atoms with Crippen LogP contribution in [0.2, 0.25) is 0 Å². The molecule has 0 aromatic carbocycles. The Morgan fingerprint density at radius 1 is 2.00 bits per heavy atom. The zero-order valence-electron chi connectivity index (χ0n) is 3.27. The summed E-state index contributed by atoms with van der Waals surface area (Å²) >= 11 is 4.43. The van der Waals surface area contributed by atoms with Crippen LogP contribution in [0.25, 0.3) is 0 Å². The molecule has 0 fully saturated rings. The van der Waals surface area contributed by atoms with Crippen molar-refractivity contribution in [3.8, 4) is 12.3 Å². The Kier molecular flexibility index (Phi) is 2.43. The van der Waals surface area contributed by atoms with Gasteiger partial charge in [-0.2, -0.15) is 0 Å². The molecule has 0 aromatic heterocycles. The van der Waals surface area contributed by atoms with Crippen molar-refractivity contribution in [1.29, 1.82) is 0 Å². The Labute approximate surface area is 42.5 Å². The van der Waals surface area contributed by atoms with Gasteiger partial charge < -0.3 is 5.73 Å². The number of thiocarbonyl (C=S) groups is 1. The standard InChI is InChI=1S/C4H5NS/c1-2-3-4(5)6/h1H,3H2,(H2,5,6). The van der Waals surface area contributed by atoms with Crippen LogP contribution in [0.5, 0.6) is 0 Å². The molecule has 0 aliphatic carbocycles. The SMILES string of the molecule is C#CCC(N)=S. The van der Waals surface area contributed by atoms with Crippen molar-refractivity contribution < 1.29 is 0 Å². The summed E-state index contributed by atoms with van der Waals surface area (Å²) in [5, 5.41) is 0. The lowest BCUT2D eigenvalue weighted by atomic mass is 10.5. The van der Waals surface area contributed by atoms with Crippen molar-refractivity contribution >= 4 is 17.2 Å². The van der Waals surface area contributed by atoms with Gasteiger partial charge in [-0.3, -0.25) is 0 Å². The van der Waals surface area contributed by atoms with E-state index in [1.54, 1.807) is 0 Å². The van der Waals surface area contributed by atoms with Gasteiger partial charge in [-0.15, -0.1) is 6.42 Å². The maximum atomic E-state index is 4.99. The lowest BCUT2D eigenvalue weighted by Crippen LogP contribution is -2.04. The molecule has 0 saturated carbocycles. The number of hydrogen-bond acceptors (Lipinski definition) is 1. The Balaban J connectivity index is 3.13. The highest BCUT2D eigenvalue weighted by Gasteiger charge is 1.75.